The largest absolute Gasteiger partial charge is 0.339 e. The monoisotopic (exact) mass is 458 g/mol. The number of nitrogens with zero attached hydrogens (tertiary/aromatic N) is 2. The molecule has 7 heteroatoms. The summed E-state index contributed by atoms with van der Waals surface area (Å²) >= 11 is 5.94. The van der Waals surface area contributed by atoms with Crippen molar-refractivity contribution in [1.82, 2.24) is 9.78 Å². The Morgan fingerprint density at radius 3 is 2.42 bits per heavy atom. The Labute approximate surface area is 195 Å². The van der Waals surface area contributed by atoms with Crippen LogP contribution in [0.4, 0.5) is 15.9 Å². The average molecular weight is 459 g/mol. The first-order valence-electron chi connectivity index (χ1n) is 10.4. The Hall–Kier alpha value is -3.90. The highest BCUT2D eigenvalue weighted by atomic mass is 35.5. The summed E-state index contributed by atoms with van der Waals surface area (Å²) in [5, 5.41) is 11.3. The second-order valence-electron chi connectivity index (χ2n) is 7.88. The summed E-state index contributed by atoms with van der Waals surface area (Å²) in [7, 11) is 0. The van der Waals surface area contributed by atoms with Crippen molar-refractivity contribution in [2.45, 2.75) is 13.0 Å². The van der Waals surface area contributed by atoms with Crippen LogP contribution >= 0.6 is 11.6 Å². The summed E-state index contributed by atoms with van der Waals surface area (Å²) in [6.45, 7) is 2.03. The number of halogens is 2. The molecule has 5 rings (SSSR count). The number of fused-ring (bicyclic) bond motifs is 1. The van der Waals surface area contributed by atoms with Crippen LogP contribution in [0.15, 0.2) is 85.1 Å². The van der Waals surface area contributed by atoms with Gasteiger partial charge in [0.15, 0.2) is 0 Å². The van der Waals surface area contributed by atoms with Gasteiger partial charge in [0.2, 0.25) is 0 Å². The lowest BCUT2D eigenvalue weighted by Gasteiger charge is -2.26. The van der Waals surface area contributed by atoms with Gasteiger partial charge in [-0.05, 0) is 60.5 Å². The highest BCUT2D eigenvalue weighted by Crippen LogP contribution is 2.35. The molecule has 4 aromatic rings. The molecule has 0 spiro atoms. The predicted octanol–water partition coefficient (Wildman–Crippen LogP) is 6.29. The van der Waals surface area contributed by atoms with E-state index < -0.39 is 0 Å². The predicted molar refractivity (Wildman–Crippen MR) is 129 cm³/mol. The van der Waals surface area contributed by atoms with Crippen molar-refractivity contribution >= 4 is 34.7 Å². The fourth-order valence-corrected chi connectivity index (χ4v) is 3.92. The van der Waals surface area contributed by atoms with Crippen LogP contribution in [0.5, 0.6) is 0 Å². The lowest BCUT2D eigenvalue weighted by molar-refractivity contribution is 0.102. The van der Waals surface area contributed by atoms with Crippen molar-refractivity contribution < 1.29 is 9.18 Å². The van der Waals surface area contributed by atoms with E-state index in [1.165, 1.54) is 18.3 Å². The first-order valence-corrected chi connectivity index (χ1v) is 10.8. The van der Waals surface area contributed by atoms with E-state index in [1.807, 2.05) is 37.3 Å². The van der Waals surface area contributed by atoms with Crippen LogP contribution in [0, 0.1) is 12.7 Å². The molecule has 1 atom stereocenters. The molecular formula is C26H20ClFN4O. The molecule has 0 radical (unpaired) electrons. The summed E-state index contributed by atoms with van der Waals surface area (Å²) in [5.41, 5.74) is 4.86. The molecule has 0 aliphatic carbocycles. The molecule has 1 amide bonds. The zero-order valence-electron chi connectivity index (χ0n) is 17.7. The zero-order valence-corrected chi connectivity index (χ0v) is 18.5. The summed E-state index contributed by atoms with van der Waals surface area (Å²) < 4.78 is 15.3. The lowest BCUT2D eigenvalue weighted by Crippen LogP contribution is -2.22. The van der Waals surface area contributed by atoms with E-state index in [2.05, 4.69) is 15.7 Å². The Morgan fingerprint density at radius 2 is 1.73 bits per heavy atom. The molecule has 1 aliphatic heterocycles. The van der Waals surface area contributed by atoms with Gasteiger partial charge in [0.05, 0.1) is 12.2 Å². The minimum atomic E-state index is -0.310. The molecule has 2 N–H and O–H groups in total. The van der Waals surface area contributed by atoms with Crippen LogP contribution in [-0.4, -0.2) is 15.7 Å². The SMILES string of the molecule is Cc1ccc(C2=C[C@@H](c3ccc(F)cc3)n3ncc(C(=O)Nc4ccc(Cl)cc4)c3N2)cc1. The third-order valence-electron chi connectivity index (χ3n) is 5.56. The van der Waals surface area contributed by atoms with E-state index in [-0.39, 0.29) is 17.8 Å². The molecule has 164 valence electrons. The quantitative estimate of drug-likeness (QED) is 0.377. The standard InChI is InChI=1S/C26H20ClFN4O/c1-16-2-4-17(5-3-16)23-14-24(18-6-10-20(28)11-7-18)32-25(31-23)22(15-29-32)26(33)30-21-12-8-19(27)9-13-21/h2-15,24,31H,1H3,(H,30,33)/t24-/m0/s1. The second-order valence-corrected chi connectivity index (χ2v) is 8.32. The minimum absolute atomic E-state index is 0.297. The molecule has 1 aromatic heterocycles. The molecule has 33 heavy (non-hydrogen) atoms. The topological polar surface area (TPSA) is 59.0 Å². The van der Waals surface area contributed by atoms with E-state index in [1.54, 1.807) is 41.1 Å². The summed E-state index contributed by atoms with van der Waals surface area (Å²) in [5.74, 6) is -0.0397. The number of anilines is 2. The molecule has 2 heterocycles. The van der Waals surface area contributed by atoms with Gasteiger partial charge in [-0.2, -0.15) is 5.10 Å². The Bertz CT molecular complexity index is 1340. The molecule has 0 unspecified atom stereocenters. The maximum Gasteiger partial charge on any atom is 0.261 e. The number of hydrogen-bond donors (Lipinski definition) is 2. The van der Waals surface area contributed by atoms with E-state index in [0.717, 1.165) is 22.4 Å². The Balaban J connectivity index is 1.55. The first-order chi connectivity index (χ1) is 16.0. The fourth-order valence-electron chi connectivity index (χ4n) is 3.79. The number of carbonyl (C=O) groups excluding carboxylic acids is 1. The first kappa shape index (κ1) is 21.0. The normalized spacial score (nSPS) is 14.8. The van der Waals surface area contributed by atoms with Crippen LogP contribution in [0.1, 0.15) is 33.1 Å². The van der Waals surface area contributed by atoms with Crippen LogP contribution in [0.3, 0.4) is 0 Å². The van der Waals surface area contributed by atoms with Crippen molar-refractivity contribution in [2.24, 2.45) is 0 Å². The second kappa shape index (κ2) is 8.56. The number of aryl methyl sites for hydroxylation is 1. The van der Waals surface area contributed by atoms with E-state index in [4.69, 9.17) is 11.6 Å². The fraction of sp³-hybridized carbons (Fsp3) is 0.0769. The van der Waals surface area contributed by atoms with Crippen molar-refractivity contribution in [2.75, 3.05) is 10.6 Å². The summed E-state index contributed by atoms with van der Waals surface area (Å²) in [4.78, 5) is 13.1. The third kappa shape index (κ3) is 4.25. The summed E-state index contributed by atoms with van der Waals surface area (Å²) in [6, 6.07) is 21.0. The smallest absolute Gasteiger partial charge is 0.261 e. The van der Waals surface area contributed by atoms with E-state index in [0.29, 0.717) is 22.1 Å². The minimum Gasteiger partial charge on any atom is -0.339 e. The average Bonchev–Trinajstić information content (AvgIpc) is 3.25. The molecule has 5 nitrogen and oxygen atoms in total. The number of benzene rings is 3. The van der Waals surface area contributed by atoms with Crippen LogP contribution in [-0.2, 0) is 0 Å². The maximum atomic E-state index is 13.6. The van der Waals surface area contributed by atoms with Gasteiger partial charge in [-0.3, -0.25) is 4.79 Å². The third-order valence-corrected chi connectivity index (χ3v) is 5.81. The number of amides is 1. The highest BCUT2D eigenvalue weighted by molar-refractivity contribution is 6.30. The van der Waals surface area contributed by atoms with Gasteiger partial charge in [-0.1, -0.05) is 53.6 Å². The van der Waals surface area contributed by atoms with Gasteiger partial charge >= 0.3 is 0 Å². The maximum absolute atomic E-state index is 13.6. The molecule has 0 bridgehead atoms. The van der Waals surface area contributed by atoms with Crippen LogP contribution in [0.2, 0.25) is 5.02 Å². The van der Waals surface area contributed by atoms with Gasteiger partial charge < -0.3 is 10.6 Å². The van der Waals surface area contributed by atoms with Gasteiger partial charge in [0.1, 0.15) is 17.2 Å². The van der Waals surface area contributed by atoms with Gasteiger partial charge in [-0.25, -0.2) is 9.07 Å². The number of rotatable bonds is 4. The Morgan fingerprint density at radius 1 is 1.03 bits per heavy atom. The molecule has 3 aromatic carbocycles. The molecule has 0 fully saturated rings. The summed E-state index contributed by atoms with van der Waals surface area (Å²) in [6.07, 6.45) is 3.56. The number of carbonyl (C=O) groups is 1. The van der Waals surface area contributed by atoms with Gasteiger partial charge in [-0.15, -0.1) is 0 Å². The Kier molecular flexibility index (Phi) is 5.44. The number of aromatic nitrogens is 2. The van der Waals surface area contributed by atoms with Crippen molar-refractivity contribution in [3.05, 3.63) is 118 Å². The molecule has 0 saturated carbocycles. The number of allylic oxidation sites excluding steroid dienone is 1. The van der Waals surface area contributed by atoms with Gasteiger partial charge in [0.25, 0.3) is 5.91 Å². The number of hydrogen-bond acceptors (Lipinski definition) is 3. The van der Waals surface area contributed by atoms with Crippen molar-refractivity contribution in [3.63, 3.8) is 0 Å². The zero-order chi connectivity index (χ0) is 22.9. The highest BCUT2D eigenvalue weighted by Gasteiger charge is 2.28. The van der Waals surface area contributed by atoms with E-state index >= 15 is 0 Å². The van der Waals surface area contributed by atoms with Gasteiger partial charge in [0, 0.05) is 16.4 Å². The van der Waals surface area contributed by atoms with Crippen molar-refractivity contribution in [3.8, 4) is 0 Å². The van der Waals surface area contributed by atoms with Crippen molar-refractivity contribution in [1.29, 1.82) is 0 Å². The molecule has 0 saturated heterocycles. The van der Waals surface area contributed by atoms with E-state index in [9.17, 15) is 9.18 Å². The van der Waals surface area contributed by atoms with Crippen LogP contribution in [0.25, 0.3) is 5.70 Å². The molecular weight excluding hydrogens is 439 g/mol. The lowest BCUT2D eigenvalue weighted by atomic mass is 10.0. The molecule has 1 aliphatic rings. The van der Waals surface area contributed by atoms with Crippen LogP contribution < -0.4 is 10.6 Å². The number of nitrogens with one attached hydrogen (secondary N) is 2.